The van der Waals surface area contributed by atoms with Gasteiger partial charge in [-0.25, -0.2) is 9.78 Å². The number of aromatic nitrogens is 1. The molecule has 0 aliphatic carbocycles. The van der Waals surface area contributed by atoms with Crippen molar-refractivity contribution in [1.29, 1.82) is 0 Å². The molecule has 4 N–H and O–H groups in total. The first kappa shape index (κ1) is 18.5. The average molecular weight is 387 g/mol. The Morgan fingerprint density at radius 2 is 1.93 bits per heavy atom. The summed E-state index contributed by atoms with van der Waals surface area (Å²) in [5.41, 5.74) is 6.12. The van der Waals surface area contributed by atoms with E-state index in [1.54, 1.807) is 6.92 Å². The van der Waals surface area contributed by atoms with E-state index in [0.29, 0.717) is 15.6 Å². The highest BCUT2D eigenvalue weighted by atomic mass is 32.1. The molecule has 140 valence electrons. The number of amides is 5. The highest BCUT2D eigenvalue weighted by Gasteiger charge is 2.29. The molecule has 0 radical (unpaired) electrons. The van der Waals surface area contributed by atoms with Crippen LogP contribution in [0.4, 0.5) is 4.79 Å². The lowest BCUT2D eigenvalue weighted by molar-refractivity contribution is -0.122. The zero-order valence-electron chi connectivity index (χ0n) is 14.4. The van der Waals surface area contributed by atoms with Crippen molar-refractivity contribution < 1.29 is 19.2 Å². The number of hydrazine groups is 1. The molecule has 1 aromatic carbocycles. The van der Waals surface area contributed by atoms with Gasteiger partial charge in [0.1, 0.15) is 15.9 Å². The molecule has 0 spiro atoms. The minimum atomic E-state index is -0.740. The Balaban J connectivity index is 1.52. The lowest BCUT2D eigenvalue weighted by Crippen LogP contribution is -2.42. The van der Waals surface area contributed by atoms with E-state index >= 15 is 0 Å². The standard InChI is InChI=1S/C17H17N5O4S/c1-9-13(27-16(18-9)10-5-3-2-4-6-10)15(25)22-21-12(23)8-7-11-14(24)20-17(26)19-11/h2-6,11H,7-8H2,1H3,(H,21,23)(H,22,25)(H2,19,20,24,26). The van der Waals surface area contributed by atoms with Crippen molar-refractivity contribution in [1.82, 2.24) is 26.5 Å². The molecule has 1 unspecified atom stereocenters. The van der Waals surface area contributed by atoms with Crippen molar-refractivity contribution in [3.8, 4) is 10.6 Å². The summed E-state index contributed by atoms with van der Waals surface area (Å²) in [5.74, 6) is -1.40. The van der Waals surface area contributed by atoms with Crippen molar-refractivity contribution in [3.05, 3.63) is 40.9 Å². The van der Waals surface area contributed by atoms with Crippen LogP contribution in [-0.2, 0) is 9.59 Å². The van der Waals surface area contributed by atoms with Crippen LogP contribution in [0.15, 0.2) is 30.3 Å². The van der Waals surface area contributed by atoms with Crippen LogP contribution in [0.1, 0.15) is 28.2 Å². The Kier molecular flexibility index (Phi) is 5.46. The molecule has 0 saturated carbocycles. The predicted molar refractivity (Wildman–Crippen MR) is 97.6 cm³/mol. The predicted octanol–water partition coefficient (Wildman–Crippen LogP) is 0.868. The van der Waals surface area contributed by atoms with Gasteiger partial charge in [0.25, 0.3) is 11.8 Å². The monoisotopic (exact) mass is 387 g/mol. The van der Waals surface area contributed by atoms with Crippen LogP contribution in [-0.4, -0.2) is 34.8 Å². The number of imide groups is 1. The van der Waals surface area contributed by atoms with Crippen molar-refractivity contribution in [2.45, 2.75) is 25.8 Å². The second-order valence-corrected chi connectivity index (χ2v) is 6.85. The highest BCUT2D eigenvalue weighted by molar-refractivity contribution is 7.17. The molecule has 0 bridgehead atoms. The van der Waals surface area contributed by atoms with Crippen molar-refractivity contribution in [2.24, 2.45) is 0 Å². The van der Waals surface area contributed by atoms with Gasteiger partial charge < -0.3 is 5.32 Å². The van der Waals surface area contributed by atoms with Crippen molar-refractivity contribution in [2.75, 3.05) is 0 Å². The maximum absolute atomic E-state index is 12.3. The quantitative estimate of drug-likeness (QED) is 0.447. The molecule has 9 nitrogen and oxygen atoms in total. The molecule has 3 rings (SSSR count). The van der Waals surface area contributed by atoms with Gasteiger partial charge in [-0.1, -0.05) is 30.3 Å². The van der Waals surface area contributed by atoms with Gasteiger partial charge in [-0.3, -0.25) is 30.6 Å². The highest BCUT2D eigenvalue weighted by Crippen LogP contribution is 2.27. The molecular formula is C17H17N5O4S. The zero-order chi connectivity index (χ0) is 19.4. The van der Waals surface area contributed by atoms with E-state index in [-0.39, 0.29) is 12.8 Å². The first-order chi connectivity index (χ1) is 12.9. The SMILES string of the molecule is Cc1nc(-c2ccccc2)sc1C(=O)NNC(=O)CCC1NC(=O)NC1=O. The summed E-state index contributed by atoms with van der Waals surface area (Å²) in [6.07, 6.45) is 0.104. The molecule has 10 heteroatoms. The van der Waals surface area contributed by atoms with Crippen LogP contribution >= 0.6 is 11.3 Å². The smallest absolute Gasteiger partial charge is 0.322 e. The number of hydrogen-bond donors (Lipinski definition) is 4. The fraction of sp³-hybridized carbons (Fsp3) is 0.235. The third-order valence-corrected chi connectivity index (χ3v) is 5.06. The number of urea groups is 1. The zero-order valence-corrected chi connectivity index (χ0v) is 15.2. The Labute approximate surface area is 158 Å². The number of carbonyl (C=O) groups is 4. The first-order valence-corrected chi connectivity index (χ1v) is 8.99. The van der Waals surface area contributed by atoms with Gasteiger partial charge in [-0.2, -0.15) is 0 Å². The van der Waals surface area contributed by atoms with Gasteiger partial charge in [0, 0.05) is 12.0 Å². The third-order valence-electron chi connectivity index (χ3n) is 3.86. The minimum Gasteiger partial charge on any atom is -0.326 e. The molecule has 1 aliphatic heterocycles. The molecule has 5 amide bonds. The van der Waals surface area contributed by atoms with Crippen LogP contribution in [0.5, 0.6) is 0 Å². The van der Waals surface area contributed by atoms with Gasteiger partial charge >= 0.3 is 6.03 Å². The van der Waals surface area contributed by atoms with Crippen LogP contribution in [0.3, 0.4) is 0 Å². The van der Waals surface area contributed by atoms with Gasteiger partial charge in [0.05, 0.1) is 5.69 Å². The van der Waals surface area contributed by atoms with E-state index in [2.05, 4.69) is 26.5 Å². The second-order valence-electron chi connectivity index (χ2n) is 5.86. The van der Waals surface area contributed by atoms with E-state index in [4.69, 9.17) is 0 Å². The van der Waals surface area contributed by atoms with Crippen molar-refractivity contribution in [3.63, 3.8) is 0 Å². The topological polar surface area (TPSA) is 129 Å². The molecule has 1 aromatic heterocycles. The summed E-state index contributed by atoms with van der Waals surface area (Å²) < 4.78 is 0. The second kappa shape index (κ2) is 7.96. The van der Waals surface area contributed by atoms with E-state index in [1.807, 2.05) is 30.3 Å². The van der Waals surface area contributed by atoms with Gasteiger partial charge in [0.2, 0.25) is 5.91 Å². The summed E-state index contributed by atoms with van der Waals surface area (Å²) in [4.78, 5) is 51.4. The average Bonchev–Trinajstić information content (AvgIpc) is 3.20. The van der Waals surface area contributed by atoms with E-state index in [0.717, 1.165) is 5.56 Å². The summed E-state index contributed by atoms with van der Waals surface area (Å²) in [7, 11) is 0. The van der Waals surface area contributed by atoms with E-state index < -0.39 is 29.8 Å². The van der Waals surface area contributed by atoms with Gasteiger partial charge in [-0.05, 0) is 13.3 Å². The Morgan fingerprint density at radius 1 is 1.19 bits per heavy atom. The summed E-state index contributed by atoms with van der Waals surface area (Å²) >= 11 is 1.23. The van der Waals surface area contributed by atoms with Gasteiger partial charge in [-0.15, -0.1) is 11.3 Å². The van der Waals surface area contributed by atoms with Crippen LogP contribution < -0.4 is 21.5 Å². The third kappa shape index (κ3) is 4.47. The first-order valence-electron chi connectivity index (χ1n) is 8.17. The molecule has 1 fully saturated rings. The molecule has 27 heavy (non-hydrogen) atoms. The number of nitrogens with one attached hydrogen (secondary N) is 4. The molecule has 2 heterocycles. The number of rotatable bonds is 5. The molecule has 2 aromatic rings. The van der Waals surface area contributed by atoms with Crippen LogP contribution in [0.2, 0.25) is 0 Å². The maximum atomic E-state index is 12.3. The molecule has 1 saturated heterocycles. The number of thiazole rings is 1. The summed E-state index contributed by atoms with van der Waals surface area (Å²) in [5, 5.41) is 5.21. The lowest BCUT2D eigenvalue weighted by Gasteiger charge is -2.08. The molecular weight excluding hydrogens is 370 g/mol. The molecule has 1 atom stereocenters. The minimum absolute atomic E-state index is 0.0322. The summed E-state index contributed by atoms with van der Waals surface area (Å²) in [6, 6.07) is 8.16. The van der Waals surface area contributed by atoms with E-state index in [9.17, 15) is 19.2 Å². The van der Waals surface area contributed by atoms with Crippen molar-refractivity contribution >= 4 is 35.1 Å². The molecule has 1 aliphatic rings. The Bertz CT molecular complexity index is 896. The number of nitrogens with zero attached hydrogens (tertiary/aromatic N) is 1. The Hall–Kier alpha value is -3.27. The van der Waals surface area contributed by atoms with Gasteiger partial charge in [0.15, 0.2) is 0 Å². The van der Waals surface area contributed by atoms with E-state index in [1.165, 1.54) is 11.3 Å². The number of aryl methyl sites for hydroxylation is 1. The van der Waals surface area contributed by atoms with Crippen LogP contribution in [0, 0.1) is 6.92 Å². The largest absolute Gasteiger partial charge is 0.326 e. The normalized spacial score (nSPS) is 15.8. The fourth-order valence-corrected chi connectivity index (χ4v) is 3.46. The number of hydrogen-bond acceptors (Lipinski definition) is 6. The summed E-state index contributed by atoms with van der Waals surface area (Å²) in [6.45, 7) is 1.72. The number of benzene rings is 1. The fourth-order valence-electron chi connectivity index (χ4n) is 2.49. The number of carbonyl (C=O) groups excluding carboxylic acids is 4. The van der Waals surface area contributed by atoms with Crippen LogP contribution in [0.25, 0.3) is 10.6 Å². The Morgan fingerprint density at radius 3 is 2.59 bits per heavy atom. The lowest BCUT2D eigenvalue weighted by atomic mass is 10.1. The maximum Gasteiger partial charge on any atom is 0.322 e.